The smallest absolute Gasteiger partial charge is 0.410 e. The molecule has 0 unspecified atom stereocenters. The minimum Gasteiger partial charge on any atom is -0.444 e. The summed E-state index contributed by atoms with van der Waals surface area (Å²) < 4.78 is 7.07. The van der Waals surface area contributed by atoms with E-state index in [2.05, 4.69) is 33.4 Å². The van der Waals surface area contributed by atoms with Crippen LogP contribution in [0.2, 0.25) is 0 Å². The molecule has 5 aromatic rings. The minimum absolute atomic E-state index is 0.190. The van der Waals surface area contributed by atoms with Gasteiger partial charge in [-0.15, -0.1) is 0 Å². The molecule has 47 heavy (non-hydrogen) atoms. The molecule has 1 aliphatic carbocycles. The van der Waals surface area contributed by atoms with E-state index >= 15 is 0 Å². The van der Waals surface area contributed by atoms with Gasteiger partial charge in [-0.3, -0.25) is 14.2 Å². The lowest BCUT2D eigenvalue weighted by Crippen LogP contribution is -2.50. The van der Waals surface area contributed by atoms with Gasteiger partial charge in [0, 0.05) is 43.1 Å². The molecule has 2 aliphatic rings. The zero-order valence-corrected chi connectivity index (χ0v) is 27.0. The van der Waals surface area contributed by atoms with Crippen molar-refractivity contribution in [1.82, 2.24) is 14.5 Å². The van der Waals surface area contributed by atoms with Crippen LogP contribution in [0.3, 0.4) is 0 Å². The highest BCUT2D eigenvalue weighted by molar-refractivity contribution is 6.07. The quantitative estimate of drug-likeness (QED) is 0.237. The Morgan fingerprint density at radius 1 is 0.872 bits per heavy atom. The number of piperazine rings is 1. The number of rotatable bonds is 4. The van der Waals surface area contributed by atoms with E-state index in [1.54, 1.807) is 11.2 Å². The third-order valence-electron chi connectivity index (χ3n) is 8.86. The van der Waals surface area contributed by atoms with E-state index in [9.17, 15) is 14.4 Å². The summed E-state index contributed by atoms with van der Waals surface area (Å²) in [5, 5.41) is 3.56. The van der Waals surface area contributed by atoms with E-state index in [1.165, 1.54) is 15.7 Å². The minimum atomic E-state index is -0.544. The molecule has 2 amide bonds. The van der Waals surface area contributed by atoms with Crippen molar-refractivity contribution >= 4 is 34.3 Å². The number of nitrogens with zero attached hydrogens (tertiary/aromatic N) is 4. The Kier molecular flexibility index (Phi) is 7.54. The molecule has 1 aromatic heterocycles. The third-order valence-corrected chi connectivity index (χ3v) is 8.86. The molecule has 1 fully saturated rings. The van der Waals surface area contributed by atoms with Gasteiger partial charge >= 0.3 is 6.09 Å². The van der Waals surface area contributed by atoms with Crippen molar-refractivity contribution in [3.8, 4) is 16.8 Å². The molecule has 0 spiro atoms. The monoisotopic (exact) mass is 627 g/mol. The summed E-state index contributed by atoms with van der Waals surface area (Å²) in [5.74, 6) is -0.190. The maximum Gasteiger partial charge on any atom is 0.410 e. The normalized spacial score (nSPS) is 14.1. The van der Waals surface area contributed by atoms with Gasteiger partial charge in [0.2, 0.25) is 0 Å². The van der Waals surface area contributed by atoms with Crippen LogP contribution in [0, 0.1) is 6.92 Å². The first-order chi connectivity index (χ1) is 22.6. The zero-order chi connectivity index (χ0) is 32.9. The fraction of sp³-hybridized carbons (Fsp3) is 0.263. The molecule has 0 atom stereocenters. The summed E-state index contributed by atoms with van der Waals surface area (Å²) in [6.45, 7) is 9.81. The van der Waals surface area contributed by atoms with E-state index in [0.29, 0.717) is 60.4 Å². The second-order valence-corrected chi connectivity index (χ2v) is 13.2. The molecule has 0 radical (unpaired) electrons. The summed E-state index contributed by atoms with van der Waals surface area (Å²) in [6, 6.07) is 25.4. The Labute approximate surface area is 273 Å². The van der Waals surface area contributed by atoms with Crippen LogP contribution < -0.4 is 15.8 Å². The summed E-state index contributed by atoms with van der Waals surface area (Å²) in [7, 11) is 0. The molecule has 2 heterocycles. The van der Waals surface area contributed by atoms with Crippen molar-refractivity contribution in [3.63, 3.8) is 0 Å². The number of aryl methyl sites for hydroxylation is 1. The number of benzene rings is 4. The molecule has 1 saturated heterocycles. The first kappa shape index (κ1) is 30.2. The second-order valence-electron chi connectivity index (χ2n) is 13.2. The number of carbonyl (C=O) groups is 2. The maximum absolute atomic E-state index is 13.9. The predicted octanol–water partition coefficient (Wildman–Crippen LogP) is 6.57. The second kappa shape index (κ2) is 11.7. The molecule has 4 aromatic carbocycles. The number of amides is 2. The summed E-state index contributed by atoms with van der Waals surface area (Å²) in [4.78, 5) is 48.5. The Hall–Kier alpha value is -5.44. The largest absolute Gasteiger partial charge is 0.444 e. The number of hydrogen-bond acceptors (Lipinski definition) is 6. The summed E-state index contributed by atoms with van der Waals surface area (Å²) in [5.41, 5.74) is 8.01. The zero-order valence-electron chi connectivity index (χ0n) is 27.0. The van der Waals surface area contributed by atoms with Crippen LogP contribution in [0.5, 0.6) is 0 Å². The van der Waals surface area contributed by atoms with Crippen LogP contribution >= 0.6 is 0 Å². The highest BCUT2D eigenvalue weighted by Gasteiger charge is 2.27. The van der Waals surface area contributed by atoms with Gasteiger partial charge in [0.15, 0.2) is 0 Å². The average molecular weight is 628 g/mol. The van der Waals surface area contributed by atoms with Gasteiger partial charge in [0.1, 0.15) is 11.9 Å². The highest BCUT2D eigenvalue weighted by atomic mass is 16.6. The first-order valence-corrected chi connectivity index (χ1v) is 15.9. The summed E-state index contributed by atoms with van der Waals surface area (Å²) in [6.07, 6.45) is 1.95. The lowest BCUT2D eigenvalue weighted by molar-refractivity contribution is 0.0240. The Morgan fingerprint density at radius 3 is 2.43 bits per heavy atom. The van der Waals surface area contributed by atoms with E-state index in [-0.39, 0.29) is 17.6 Å². The molecule has 1 aliphatic heterocycles. The van der Waals surface area contributed by atoms with Gasteiger partial charge in [-0.25, -0.2) is 9.78 Å². The standard InChI is InChI=1S/C38H37N5O4/c1-24-12-13-26(40-35(44)30-11-7-10-29-28-9-6-5-8-25(28)20-31(29)30)21-34(24)43-23-39-33-15-14-27(22-32(33)36(43)45)41-16-18-42(19-17-41)37(46)47-38(2,3)4/h5-15,21-23H,16-20H2,1-4H3,(H,40,44). The van der Waals surface area contributed by atoms with E-state index < -0.39 is 5.60 Å². The van der Waals surface area contributed by atoms with Crippen molar-refractivity contribution in [2.24, 2.45) is 0 Å². The molecular weight excluding hydrogens is 590 g/mol. The Morgan fingerprint density at radius 2 is 1.64 bits per heavy atom. The summed E-state index contributed by atoms with van der Waals surface area (Å²) >= 11 is 0. The van der Waals surface area contributed by atoms with Crippen LogP contribution in [-0.4, -0.2) is 58.2 Å². The molecule has 238 valence electrons. The predicted molar refractivity (Wildman–Crippen MR) is 185 cm³/mol. The van der Waals surface area contributed by atoms with Crippen LogP contribution in [0.15, 0.2) is 90.0 Å². The maximum atomic E-state index is 13.9. The van der Waals surface area contributed by atoms with Crippen LogP contribution in [0.1, 0.15) is 47.8 Å². The van der Waals surface area contributed by atoms with E-state index in [0.717, 1.165) is 22.4 Å². The number of hydrogen-bond donors (Lipinski definition) is 1. The number of aromatic nitrogens is 2. The SMILES string of the molecule is Cc1ccc(NC(=O)c2cccc3c2Cc2ccccc2-3)cc1-n1cnc2ccc(N3CCN(C(=O)OC(C)(C)C)CC3)cc2c1=O. The lowest BCUT2D eigenvalue weighted by Gasteiger charge is -2.36. The van der Waals surface area contributed by atoms with E-state index in [4.69, 9.17) is 4.74 Å². The van der Waals surface area contributed by atoms with Gasteiger partial charge in [-0.05, 0) is 98.3 Å². The van der Waals surface area contributed by atoms with Crippen LogP contribution in [-0.2, 0) is 11.2 Å². The molecule has 9 nitrogen and oxygen atoms in total. The van der Waals surface area contributed by atoms with Gasteiger partial charge in [-0.2, -0.15) is 0 Å². The molecule has 9 heteroatoms. The highest BCUT2D eigenvalue weighted by Crippen LogP contribution is 2.38. The fourth-order valence-electron chi connectivity index (χ4n) is 6.47. The average Bonchev–Trinajstić information content (AvgIpc) is 3.44. The molecule has 7 rings (SSSR count). The van der Waals surface area contributed by atoms with Crippen molar-refractivity contribution in [3.05, 3.63) is 118 Å². The Balaban J connectivity index is 1.13. The molecule has 0 bridgehead atoms. The van der Waals surface area contributed by atoms with Crippen molar-refractivity contribution in [2.45, 2.75) is 39.7 Å². The number of anilines is 2. The number of carbonyl (C=O) groups excluding carboxylic acids is 2. The first-order valence-electron chi connectivity index (χ1n) is 15.9. The van der Waals surface area contributed by atoms with Crippen molar-refractivity contribution in [2.75, 3.05) is 36.4 Å². The third kappa shape index (κ3) is 5.85. The Bertz CT molecular complexity index is 2100. The molecule has 0 saturated carbocycles. The van der Waals surface area contributed by atoms with Crippen LogP contribution in [0.25, 0.3) is 27.7 Å². The van der Waals surface area contributed by atoms with Gasteiger partial charge in [-0.1, -0.05) is 42.5 Å². The van der Waals surface area contributed by atoms with E-state index in [1.807, 2.05) is 88.4 Å². The number of nitrogens with one attached hydrogen (secondary N) is 1. The fourth-order valence-corrected chi connectivity index (χ4v) is 6.47. The van der Waals surface area contributed by atoms with Crippen molar-refractivity contribution in [1.29, 1.82) is 0 Å². The topological polar surface area (TPSA) is 96.8 Å². The van der Waals surface area contributed by atoms with Crippen molar-refractivity contribution < 1.29 is 14.3 Å². The lowest BCUT2D eigenvalue weighted by atomic mass is 10.0. The van der Waals surface area contributed by atoms with Gasteiger partial charge < -0.3 is 19.9 Å². The number of fused-ring (bicyclic) bond motifs is 4. The van der Waals surface area contributed by atoms with Gasteiger partial charge in [0.05, 0.1) is 16.6 Å². The van der Waals surface area contributed by atoms with Crippen LogP contribution in [0.4, 0.5) is 16.2 Å². The number of ether oxygens (including phenoxy) is 1. The molecular formula is C38H37N5O4. The van der Waals surface area contributed by atoms with Gasteiger partial charge in [0.25, 0.3) is 11.5 Å². The molecule has 1 N–H and O–H groups in total.